The van der Waals surface area contributed by atoms with Crippen LogP contribution in [0.1, 0.15) is 23.9 Å². The van der Waals surface area contributed by atoms with Crippen molar-refractivity contribution in [2.24, 2.45) is 0 Å². The first-order valence-electron chi connectivity index (χ1n) is 6.43. The van der Waals surface area contributed by atoms with Gasteiger partial charge in [-0.25, -0.2) is 0 Å². The van der Waals surface area contributed by atoms with Crippen molar-refractivity contribution in [3.63, 3.8) is 0 Å². The minimum atomic E-state index is -0.500. The number of hydrogen-bond acceptors (Lipinski definition) is 7. The van der Waals surface area contributed by atoms with Crippen LogP contribution in [0.3, 0.4) is 0 Å². The van der Waals surface area contributed by atoms with E-state index in [2.05, 4.69) is 15.5 Å². The van der Waals surface area contributed by atoms with Crippen molar-refractivity contribution in [3.8, 4) is 0 Å². The standard InChI is InChI=1S/C12H15N5O3S/c1-3-4-13-12-15-14-10(21-12)7-16-6-9(17(19)20)8(2)5-11(16)18/h5-6H,3-4,7H2,1-2H3,(H,13,15). The summed E-state index contributed by atoms with van der Waals surface area (Å²) in [6.45, 7) is 4.55. The van der Waals surface area contributed by atoms with Crippen LogP contribution in [0.15, 0.2) is 17.1 Å². The summed E-state index contributed by atoms with van der Waals surface area (Å²) in [5, 5.41) is 23.3. The Kier molecular flexibility index (Phi) is 4.63. The van der Waals surface area contributed by atoms with Gasteiger partial charge in [-0.2, -0.15) is 0 Å². The monoisotopic (exact) mass is 309 g/mol. The Bertz CT molecular complexity index is 709. The quantitative estimate of drug-likeness (QED) is 0.644. The predicted molar refractivity (Wildman–Crippen MR) is 79.9 cm³/mol. The molecule has 0 unspecified atom stereocenters. The largest absolute Gasteiger partial charge is 0.360 e. The summed E-state index contributed by atoms with van der Waals surface area (Å²) >= 11 is 1.33. The lowest BCUT2D eigenvalue weighted by molar-refractivity contribution is -0.385. The number of anilines is 1. The second-order valence-corrected chi connectivity index (χ2v) is 5.55. The molecule has 0 aliphatic carbocycles. The zero-order chi connectivity index (χ0) is 15.4. The summed E-state index contributed by atoms with van der Waals surface area (Å²) in [5.41, 5.74) is -0.0244. The Morgan fingerprint density at radius 2 is 2.24 bits per heavy atom. The Morgan fingerprint density at radius 3 is 2.90 bits per heavy atom. The first-order valence-corrected chi connectivity index (χ1v) is 7.24. The average molecular weight is 309 g/mol. The van der Waals surface area contributed by atoms with E-state index in [9.17, 15) is 14.9 Å². The molecular weight excluding hydrogens is 294 g/mol. The van der Waals surface area contributed by atoms with E-state index in [1.54, 1.807) is 6.92 Å². The molecular formula is C12H15N5O3S. The summed E-state index contributed by atoms with van der Waals surface area (Å²) in [7, 11) is 0. The molecule has 9 heteroatoms. The number of nitrogens with zero attached hydrogens (tertiary/aromatic N) is 4. The van der Waals surface area contributed by atoms with Gasteiger partial charge in [0.05, 0.1) is 17.7 Å². The molecule has 112 valence electrons. The maximum atomic E-state index is 11.9. The van der Waals surface area contributed by atoms with Crippen LogP contribution in [-0.4, -0.2) is 26.2 Å². The van der Waals surface area contributed by atoms with Gasteiger partial charge in [-0.15, -0.1) is 10.2 Å². The third kappa shape index (κ3) is 3.63. The van der Waals surface area contributed by atoms with E-state index in [1.807, 2.05) is 6.92 Å². The van der Waals surface area contributed by atoms with Gasteiger partial charge in [0.2, 0.25) is 5.13 Å². The lowest BCUT2D eigenvalue weighted by Crippen LogP contribution is -2.20. The molecule has 0 spiro atoms. The molecule has 0 saturated heterocycles. The molecule has 0 aliphatic heterocycles. The number of hydrogen-bond donors (Lipinski definition) is 1. The predicted octanol–water partition coefficient (Wildman–Crippen LogP) is 1.79. The number of nitro groups is 1. The molecule has 0 fully saturated rings. The molecule has 0 amide bonds. The highest BCUT2D eigenvalue weighted by atomic mass is 32.1. The zero-order valence-electron chi connectivity index (χ0n) is 11.7. The number of aryl methyl sites for hydroxylation is 1. The second kappa shape index (κ2) is 6.44. The van der Waals surface area contributed by atoms with Crippen LogP contribution in [-0.2, 0) is 6.54 Å². The highest BCUT2D eigenvalue weighted by Crippen LogP contribution is 2.18. The van der Waals surface area contributed by atoms with Gasteiger partial charge in [0.1, 0.15) is 5.01 Å². The maximum absolute atomic E-state index is 11.9. The molecule has 0 bridgehead atoms. The Balaban J connectivity index is 2.23. The van der Waals surface area contributed by atoms with E-state index in [0.717, 1.165) is 13.0 Å². The van der Waals surface area contributed by atoms with Crippen LogP contribution in [0.5, 0.6) is 0 Å². The summed E-state index contributed by atoms with van der Waals surface area (Å²) in [4.78, 5) is 22.3. The number of nitrogens with one attached hydrogen (secondary N) is 1. The van der Waals surface area contributed by atoms with Gasteiger partial charge < -0.3 is 9.88 Å². The van der Waals surface area contributed by atoms with Gasteiger partial charge >= 0.3 is 0 Å². The highest BCUT2D eigenvalue weighted by Gasteiger charge is 2.14. The maximum Gasteiger partial charge on any atom is 0.288 e. The number of pyridine rings is 1. The normalized spacial score (nSPS) is 10.6. The minimum Gasteiger partial charge on any atom is -0.360 e. The van der Waals surface area contributed by atoms with Gasteiger partial charge in [-0.1, -0.05) is 18.3 Å². The Labute approximate surface area is 124 Å². The average Bonchev–Trinajstić information content (AvgIpc) is 2.86. The number of rotatable bonds is 6. The molecule has 0 saturated carbocycles. The van der Waals surface area contributed by atoms with Gasteiger partial charge in [-0.05, 0) is 13.3 Å². The topological polar surface area (TPSA) is 103 Å². The third-order valence-corrected chi connectivity index (χ3v) is 3.67. The molecule has 2 rings (SSSR count). The van der Waals surface area contributed by atoms with E-state index >= 15 is 0 Å². The van der Waals surface area contributed by atoms with E-state index in [4.69, 9.17) is 0 Å². The fourth-order valence-corrected chi connectivity index (χ4v) is 2.50. The molecule has 0 aromatic carbocycles. The van der Waals surface area contributed by atoms with Crippen molar-refractivity contribution in [1.29, 1.82) is 0 Å². The van der Waals surface area contributed by atoms with Crippen molar-refractivity contribution < 1.29 is 4.92 Å². The molecule has 0 radical (unpaired) electrons. The summed E-state index contributed by atoms with van der Waals surface area (Å²) in [6, 6.07) is 1.26. The first kappa shape index (κ1) is 15.1. The second-order valence-electron chi connectivity index (χ2n) is 4.49. The van der Waals surface area contributed by atoms with Gasteiger partial charge in [0.15, 0.2) is 0 Å². The van der Waals surface area contributed by atoms with Crippen molar-refractivity contribution in [2.75, 3.05) is 11.9 Å². The lowest BCUT2D eigenvalue weighted by atomic mass is 10.2. The molecule has 1 N–H and O–H groups in total. The first-order chi connectivity index (χ1) is 10.0. The lowest BCUT2D eigenvalue weighted by Gasteiger charge is -2.04. The van der Waals surface area contributed by atoms with Gasteiger partial charge in [0.25, 0.3) is 11.2 Å². The van der Waals surface area contributed by atoms with Gasteiger partial charge in [0, 0.05) is 18.2 Å². The fraction of sp³-hybridized carbons (Fsp3) is 0.417. The molecule has 21 heavy (non-hydrogen) atoms. The number of aromatic nitrogens is 3. The van der Waals surface area contributed by atoms with E-state index in [1.165, 1.54) is 28.2 Å². The summed E-state index contributed by atoms with van der Waals surface area (Å²) in [6.07, 6.45) is 2.22. The van der Waals surface area contributed by atoms with Crippen molar-refractivity contribution in [2.45, 2.75) is 26.8 Å². The van der Waals surface area contributed by atoms with E-state index in [0.29, 0.717) is 15.7 Å². The van der Waals surface area contributed by atoms with Crippen LogP contribution in [0.2, 0.25) is 0 Å². The van der Waals surface area contributed by atoms with Crippen LogP contribution in [0, 0.1) is 17.0 Å². The molecule has 0 aliphatic rings. The van der Waals surface area contributed by atoms with Crippen LogP contribution >= 0.6 is 11.3 Å². The third-order valence-electron chi connectivity index (χ3n) is 2.80. The van der Waals surface area contributed by atoms with E-state index in [-0.39, 0.29) is 17.8 Å². The van der Waals surface area contributed by atoms with Crippen LogP contribution < -0.4 is 10.9 Å². The summed E-state index contributed by atoms with van der Waals surface area (Å²) < 4.78 is 1.27. The van der Waals surface area contributed by atoms with Crippen LogP contribution in [0.4, 0.5) is 10.8 Å². The zero-order valence-corrected chi connectivity index (χ0v) is 12.5. The fourth-order valence-electron chi connectivity index (χ4n) is 1.74. The molecule has 2 aromatic heterocycles. The van der Waals surface area contributed by atoms with Crippen molar-refractivity contribution >= 4 is 22.2 Å². The molecule has 8 nitrogen and oxygen atoms in total. The smallest absolute Gasteiger partial charge is 0.288 e. The molecule has 2 aromatic rings. The molecule has 2 heterocycles. The Hall–Kier alpha value is -2.29. The Morgan fingerprint density at radius 1 is 1.48 bits per heavy atom. The van der Waals surface area contributed by atoms with E-state index < -0.39 is 4.92 Å². The SMILES string of the molecule is CCCNc1nnc(Cn2cc([N+](=O)[O-])c(C)cc2=O)s1. The van der Waals surface area contributed by atoms with Crippen LogP contribution in [0.25, 0.3) is 0 Å². The minimum absolute atomic E-state index is 0.0801. The van der Waals surface area contributed by atoms with Gasteiger partial charge in [-0.3, -0.25) is 14.9 Å². The van der Waals surface area contributed by atoms with Crippen molar-refractivity contribution in [1.82, 2.24) is 14.8 Å². The molecule has 0 atom stereocenters. The highest BCUT2D eigenvalue weighted by molar-refractivity contribution is 7.15. The van der Waals surface area contributed by atoms with Crippen molar-refractivity contribution in [3.05, 3.63) is 43.3 Å². The summed E-state index contributed by atoms with van der Waals surface area (Å²) in [5.74, 6) is 0.